The number of rotatable bonds is 5. The van der Waals surface area contributed by atoms with Gasteiger partial charge in [-0.3, -0.25) is 0 Å². The highest BCUT2D eigenvalue weighted by Crippen LogP contribution is 2.01. The maximum Gasteiger partial charge on any atom is 0.278 e. The summed E-state index contributed by atoms with van der Waals surface area (Å²) in [5, 5.41) is 0. The summed E-state index contributed by atoms with van der Waals surface area (Å²) in [4.78, 5) is 0.336. The lowest BCUT2D eigenvalue weighted by Crippen LogP contribution is -2.36. The van der Waals surface area contributed by atoms with Crippen molar-refractivity contribution in [3.63, 3.8) is 0 Å². The van der Waals surface area contributed by atoms with Gasteiger partial charge >= 0.3 is 0 Å². The minimum Gasteiger partial charge on any atom is -0.202 e. The van der Waals surface area contributed by atoms with Crippen LogP contribution in [-0.4, -0.2) is 38.2 Å². The lowest BCUT2D eigenvalue weighted by molar-refractivity contribution is 0.504. The second-order valence-electron chi connectivity index (χ2n) is 2.75. The number of hydrogen-bond acceptors (Lipinski definition) is 2. The quantitative estimate of drug-likeness (QED) is 0.733. The van der Waals surface area contributed by atoms with E-state index in [0.29, 0.717) is 11.4 Å². The Bertz CT molecular complexity index is 214. The highest BCUT2D eigenvalue weighted by Gasteiger charge is 2.11. The highest BCUT2D eigenvalue weighted by molar-refractivity contribution is 9.09. The molecule has 74 valence electrons. The average Bonchev–Trinajstić information content (AvgIpc) is 1.85. The Labute approximate surface area is 82.6 Å². The van der Waals surface area contributed by atoms with Crippen molar-refractivity contribution >= 4 is 26.1 Å². The van der Waals surface area contributed by atoms with Crippen molar-refractivity contribution in [2.45, 2.75) is 18.2 Å². The van der Waals surface area contributed by atoms with Crippen LogP contribution in [0.1, 0.15) is 13.3 Å². The fourth-order valence-corrected chi connectivity index (χ4v) is 1.38. The van der Waals surface area contributed by atoms with Crippen molar-refractivity contribution in [1.82, 2.24) is 9.03 Å². The van der Waals surface area contributed by atoms with Crippen LogP contribution >= 0.6 is 15.9 Å². The van der Waals surface area contributed by atoms with Gasteiger partial charge in [-0.05, 0) is 6.42 Å². The first-order valence-corrected chi connectivity index (χ1v) is 6.03. The van der Waals surface area contributed by atoms with Crippen LogP contribution in [0.25, 0.3) is 0 Å². The molecule has 0 fully saturated rings. The van der Waals surface area contributed by atoms with Crippen molar-refractivity contribution in [2.75, 3.05) is 20.6 Å². The number of nitrogens with one attached hydrogen (secondary N) is 1. The van der Waals surface area contributed by atoms with Gasteiger partial charge < -0.3 is 0 Å². The first kappa shape index (κ1) is 12.3. The summed E-state index contributed by atoms with van der Waals surface area (Å²) < 4.78 is 25.8. The van der Waals surface area contributed by atoms with Gasteiger partial charge in [0.05, 0.1) is 0 Å². The van der Waals surface area contributed by atoms with Crippen LogP contribution in [0.15, 0.2) is 0 Å². The molecule has 0 heterocycles. The first-order chi connectivity index (χ1) is 5.36. The predicted molar refractivity (Wildman–Crippen MR) is 53.6 cm³/mol. The second-order valence-corrected chi connectivity index (χ2v) is 6.28. The summed E-state index contributed by atoms with van der Waals surface area (Å²) >= 11 is 3.33. The van der Waals surface area contributed by atoms with Crippen LogP contribution in [0.3, 0.4) is 0 Å². The Balaban J connectivity index is 3.79. The van der Waals surface area contributed by atoms with E-state index < -0.39 is 10.2 Å². The maximum atomic E-state index is 11.1. The minimum atomic E-state index is -3.23. The topological polar surface area (TPSA) is 49.4 Å². The third-order valence-electron chi connectivity index (χ3n) is 1.31. The molecule has 0 aliphatic rings. The van der Waals surface area contributed by atoms with Gasteiger partial charge in [-0.2, -0.15) is 12.7 Å². The van der Waals surface area contributed by atoms with Crippen molar-refractivity contribution in [2.24, 2.45) is 0 Å². The Hall–Kier alpha value is 0.350. The van der Waals surface area contributed by atoms with Crippen LogP contribution in [0.2, 0.25) is 0 Å². The van der Waals surface area contributed by atoms with Crippen LogP contribution < -0.4 is 4.72 Å². The zero-order valence-electron chi connectivity index (χ0n) is 7.54. The largest absolute Gasteiger partial charge is 0.278 e. The maximum absolute atomic E-state index is 11.1. The molecular weight excluding hydrogens is 244 g/mol. The molecule has 0 bridgehead atoms. The molecule has 0 saturated heterocycles. The smallest absolute Gasteiger partial charge is 0.202 e. The van der Waals surface area contributed by atoms with E-state index in [1.807, 2.05) is 6.92 Å². The van der Waals surface area contributed by atoms with Crippen LogP contribution in [0.4, 0.5) is 0 Å². The Morgan fingerprint density at radius 3 is 2.33 bits per heavy atom. The van der Waals surface area contributed by atoms with Crippen molar-refractivity contribution < 1.29 is 8.42 Å². The second kappa shape index (κ2) is 5.16. The van der Waals surface area contributed by atoms with Crippen molar-refractivity contribution in [3.8, 4) is 0 Å². The molecule has 0 aliphatic carbocycles. The molecule has 0 radical (unpaired) electrons. The van der Waals surface area contributed by atoms with Crippen molar-refractivity contribution in [1.29, 1.82) is 0 Å². The van der Waals surface area contributed by atoms with Gasteiger partial charge in [0, 0.05) is 25.5 Å². The molecule has 12 heavy (non-hydrogen) atoms. The van der Waals surface area contributed by atoms with E-state index in [9.17, 15) is 8.42 Å². The molecule has 6 heteroatoms. The predicted octanol–water partition coefficient (Wildman–Crippen LogP) is 0.556. The monoisotopic (exact) mass is 258 g/mol. The van der Waals surface area contributed by atoms with Gasteiger partial charge in [0.15, 0.2) is 0 Å². The Kier molecular flexibility index (Phi) is 5.31. The van der Waals surface area contributed by atoms with E-state index in [-0.39, 0.29) is 0 Å². The van der Waals surface area contributed by atoms with E-state index in [0.717, 1.165) is 10.7 Å². The molecule has 4 nitrogen and oxygen atoms in total. The summed E-state index contributed by atoms with van der Waals surface area (Å²) in [6.07, 6.45) is 0.785. The fourth-order valence-electron chi connectivity index (χ4n) is 0.516. The lowest BCUT2D eigenvalue weighted by atomic mass is 10.3. The molecule has 0 aromatic rings. The van der Waals surface area contributed by atoms with E-state index in [2.05, 4.69) is 20.7 Å². The van der Waals surface area contributed by atoms with Gasteiger partial charge in [-0.15, -0.1) is 0 Å². The molecular formula is C6H15BrN2O2S. The van der Waals surface area contributed by atoms with Crippen molar-refractivity contribution in [3.05, 3.63) is 0 Å². The van der Waals surface area contributed by atoms with Crippen LogP contribution in [-0.2, 0) is 10.2 Å². The summed E-state index contributed by atoms with van der Waals surface area (Å²) in [5.41, 5.74) is 0. The third kappa shape index (κ3) is 5.08. The molecule has 1 unspecified atom stereocenters. The van der Waals surface area contributed by atoms with Gasteiger partial charge in [0.2, 0.25) is 0 Å². The number of halogens is 1. The molecule has 0 saturated carbocycles. The molecule has 0 aromatic carbocycles. The minimum absolute atomic E-state index is 0.336. The lowest BCUT2D eigenvalue weighted by Gasteiger charge is -2.12. The number of nitrogens with zero attached hydrogens (tertiary/aromatic N) is 1. The van der Waals surface area contributed by atoms with Crippen LogP contribution in [0, 0.1) is 0 Å². The van der Waals surface area contributed by atoms with Crippen LogP contribution in [0.5, 0.6) is 0 Å². The summed E-state index contributed by atoms with van der Waals surface area (Å²) in [7, 11) is -0.232. The highest BCUT2D eigenvalue weighted by atomic mass is 79.9. The first-order valence-electron chi connectivity index (χ1n) is 3.67. The molecule has 1 N–H and O–H groups in total. The van der Waals surface area contributed by atoms with E-state index in [1.165, 1.54) is 14.1 Å². The summed E-state index contributed by atoms with van der Waals surface area (Å²) in [5.74, 6) is 0. The zero-order chi connectivity index (χ0) is 9.78. The summed E-state index contributed by atoms with van der Waals surface area (Å²) in [6.45, 7) is 2.44. The standard InChI is InChI=1S/C6H15BrN2O2S/c1-6(7)4-5-8-12(10,11)9(2)3/h6,8H,4-5H2,1-3H3. The third-order valence-corrected chi connectivity index (χ3v) is 3.30. The fraction of sp³-hybridized carbons (Fsp3) is 1.00. The van der Waals surface area contributed by atoms with Gasteiger partial charge in [-0.25, -0.2) is 4.72 Å². The molecule has 1 atom stereocenters. The molecule has 0 rings (SSSR count). The molecule has 0 aromatic heterocycles. The SMILES string of the molecule is CC(Br)CCNS(=O)(=O)N(C)C. The van der Waals surface area contributed by atoms with Gasteiger partial charge in [-0.1, -0.05) is 22.9 Å². The number of hydrogen-bond donors (Lipinski definition) is 1. The van der Waals surface area contributed by atoms with E-state index in [1.54, 1.807) is 0 Å². The number of alkyl halides is 1. The average molecular weight is 259 g/mol. The molecule has 0 spiro atoms. The van der Waals surface area contributed by atoms with E-state index >= 15 is 0 Å². The van der Waals surface area contributed by atoms with Gasteiger partial charge in [0.1, 0.15) is 0 Å². The molecule has 0 amide bonds. The van der Waals surface area contributed by atoms with E-state index in [4.69, 9.17) is 0 Å². The normalized spacial score (nSPS) is 15.1. The van der Waals surface area contributed by atoms with Gasteiger partial charge in [0.25, 0.3) is 10.2 Å². The Morgan fingerprint density at radius 2 is 2.00 bits per heavy atom. The Morgan fingerprint density at radius 1 is 1.50 bits per heavy atom. The summed E-state index contributed by atoms with van der Waals surface area (Å²) in [6, 6.07) is 0. The molecule has 0 aliphatic heterocycles. The zero-order valence-corrected chi connectivity index (χ0v) is 9.94.